The van der Waals surface area contributed by atoms with E-state index in [1.54, 1.807) is 0 Å². The van der Waals surface area contributed by atoms with Gasteiger partial charge < -0.3 is 0 Å². The van der Waals surface area contributed by atoms with E-state index in [1.165, 1.54) is 11.3 Å². The summed E-state index contributed by atoms with van der Waals surface area (Å²) in [7, 11) is 0. The van der Waals surface area contributed by atoms with Crippen molar-refractivity contribution in [3.63, 3.8) is 0 Å². The summed E-state index contributed by atoms with van der Waals surface area (Å²) >= 11 is 0. The van der Waals surface area contributed by atoms with Crippen LogP contribution in [0.1, 0.15) is 30.3 Å². The number of nitriles is 1. The van der Waals surface area contributed by atoms with Crippen LogP contribution in [0, 0.1) is 24.2 Å². The summed E-state index contributed by atoms with van der Waals surface area (Å²) < 4.78 is 2.08. The second-order valence-electron chi connectivity index (χ2n) is 3.90. The molecule has 1 unspecified atom stereocenters. The van der Waals surface area contributed by atoms with Gasteiger partial charge >= 0.3 is 0 Å². The second kappa shape index (κ2) is 3.45. The van der Waals surface area contributed by atoms with Gasteiger partial charge in [-0.05, 0) is 38.7 Å². The predicted molar refractivity (Wildman–Crippen MR) is 53.8 cm³/mol. The first kappa shape index (κ1) is 9.26. The zero-order valence-electron chi connectivity index (χ0n) is 8.75. The molecule has 0 N–H and O–H groups in total. The normalized spacial score (nSPS) is 20.2. The molecule has 0 radical (unpaired) electrons. The number of hydrogen-bond donors (Lipinski definition) is 0. The number of rotatable bonds is 1. The van der Waals surface area contributed by atoms with Gasteiger partial charge in [-0.2, -0.15) is 10.4 Å². The Morgan fingerprint density at radius 1 is 1.64 bits per heavy atom. The summed E-state index contributed by atoms with van der Waals surface area (Å²) in [5.41, 5.74) is 3.79. The molecule has 0 saturated heterocycles. The first-order valence-electron chi connectivity index (χ1n) is 5.21. The summed E-state index contributed by atoms with van der Waals surface area (Å²) in [6, 6.07) is 2.36. The largest absolute Gasteiger partial charge is 0.269 e. The van der Waals surface area contributed by atoms with Crippen molar-refractivity contribution in [2.75, 3.05) is 0 Å². The lowest BCUT2D eigenvalue weighted by Crippen LogP contribution is -2.15. The maximum absolute atomic E-state index is 8.89. The highest BCUT2D eigenvalue weighted by Gasteiger charge is 2.23. The molecule has 1 aromatic rings. The van der Waals surface area contributed by atoms with Gasteiger partial charge in [-0.25, -0.2) is 0 Å². The SMILES string of the molecule is CCn1nc(C)c2c1CCC(C#N)C2. The summed E-state index contributed by atoms with van der Waals surface area (Å²) in [6.45, 7) is 5.10. The van der Waals surface area contributed by atoms with Crippen LogP contribution in [0.2, 0.25) is 0 Å². The molecule has 0 aliphatic heterocycles. The van der Waals surface area contributed by atoms with Crippen molar-refractivity contribution < 1.29 is 0 Å². The van der Waals surface area contributed by atoms with Gasteiger partial charge in [-0.1, -0.05) is 0 Å². The van der Waals surface area contributed by atoms with E-state index in [9.17, 15) is 0 Å². The molecule has 1 atom stereocenters. The molecule has 0 saturated carbocycles. The third-order valence-corrected chi connectivity index (χ3v) is 3.03. The molecule has 0 spiro atoms. The molecule has 1 aliphatic carbocycles. The van der Waals surface area contributed by atoms with Crippen LogP contribution in [0.25, 0.3) is 0 Å². The van der Waals surface area contributed by atoms with E-state index in [-0.39, 0.29) is 5.92 Å². The van der Waals surface area contributed by atoms with E-state index < -0.39 is 0 Å². The smallest absolute Gasteiger partial charge is 0.0659 e. The Balaban J connectivity index is 2.39. The Morgan fingerprint density at radius 3 is 3.07 bits per heavy atom. The van der Waals surface area contributed by atoms with Crippen molar-refractivity contribution in [2.24, 2.45) is 5.92 Å². The van der Waals surface area contributed by atoms with E-state index in [4.69, 9.17) is 5.26 Å². The fourth-order valence-electron chi connectivity index (χ4n) is 2.24. The van der Waals surface area contributed by atoms with Gasteiger partial charge in [0.2, 0.25) is 0 Å². The van der Waals surface area contributed by atoms with Crippen LogP contribution < -0.4 is 0 Å². The first-order chi connectivity index (χ1) is 6.76. The minimum absolute atomic E-state index is 0.204. The summed E-state index contributed by atoms with van der Waals surface area (Å²) in [5.74, 6) is 0.204. The van der Waals surface area contributed by atoms with Crippen molar-refractivity contribution in [3.8, 4) is 6.07 Å². The lowest BCUT2D eigenvalue weighted by molar-refractivity contribution is 0.525. The van der Waals surface area contributed by atoms with Crippen LogP contribution in [0.15, 0.2) is 0 Å². The Bertz CT molecular complexity index is 384. The zero-order valence-corrected chi connectivity index (χ0v) is 8.75. The van der Waals surface area contributed by atoms with Crippen LogP contribution in [-0.2, 0) is 19.4 Å². The van der Waals surface area contributed by atoms with Gasteiger partial charge in [0.05, 0.1) is 17.7 Å². The van der Waals surface area contributed by atoms with Crippen molar-refractivity contribution in [1.82, 2.24) is 9.78 Å². The highest BCUT2D eigenvalue weighted by molar-refractivity contribution is 5.29. The van der Waals surface area contributed by atoms with Crippen molar-refractivity contribution >= 4 is 0 Å². The fraction of sp³-hybridized carbons (Fsp3) is 0.636. The van der Waals surface area contributed by atoms with Crippen LogP contribution in [0.5, 0.6) is 0 Å². The van der Waals surface area contributed by atoms with Crippen molar-refractivity contribution in [1.29, 1.82) is 5.26 Å². The Hall–Kier alpha value is -1.30. The Morgan fingerprint density at radius 2 is 2.43 bits per heavy atom. The summed E-state index contributed by atoms with van der Waals surface area (Å²) in [6.07, 6.45) is 2.91. The van der Waals surface area contributed by atoms with Gasteiger partial charge in [0.15, 0.2) is 0 Å². The monoisotopic (exact) mass is 189 g/mol. The Kier molecular flexibility index (Phi) is 2.28. The standard InChI is InChI=1S/C11H15N3/c1-3-14-11-5-4-9(7-12)6-10(11)8(2)13-14/h9H,3-6H2,1-2H3. The molecular weight excluding hydrogens is 174 g/mol. The van der Waals surface area contributed by atoms with Crippen LogP contribution in [0.3, 0.4) is 0 Å². The first-order valence-corrected chi connectivity index (χ1v) is 5.21. The van der Waals surface area contributed by atoms with Crippen molar-refractivity contribution in [2.45, 2.75) is 39.7 Å². The summed E-state index contributed by atoms with van der Waals surface area (Å²) in [4.78, 5) is 0. The minimum Gasteiger partial charge on any atom is -0.269 e. The topological polar surface area (TPSA) is 41.6 Å². The lowest BCUT2D eigenvalue weighted by Gasteiger charge is -2.17. The molecule has 1 heterocycles. The summed E-state index contributed by atoms with van der Waals surface area (Å²) in [5, 5.41) is 13.4. The van der Waals surface area contributed by atoms with E-state index in [0.29, 0.717) is 0 Å². The van der Waals surface area contributed by atoms with E-state index in [1.807, 2.05) is 6.92 Å². The maximum Gasteiger partial charge on any atom is 0.0659 e. The van der Waals surface area contributed by atoms with Crippen molar-refractivity contribution in [3.05, 3.63) is 17.0 Å². The molecule has 1 aliphatic rings. The minimum atomic E-state index is 0.204. The molecule has 0 aromatic carbocycles. The number of hydrogen-bond acceptors (Lipinski definition) is 2. The van der Waals surface area contributed by atoms with Gasteiger partial charge in [-0.15, -0.1) is 0 Å². The highest BCUT2D eigenvalue weighted by atomic mass is 15.3. The van der Waals surface area contributed by atoms with Gasteiger partial charge in [0.25, 0.3) is 0 Å². The molecule has 0 bridgehead atoms. The van der Waals surface area contributed by atoms with Gasteiger partial charge in [0.1, 0.15) is 0 Å². The fourth-order valence-corrected chi connectivity index (χ4v) is 2.24. The molecule has 3 heteroatoms. The van der Waals surface area contributed by atoms with Gasteiger partial charge in [0, 0.05) is 12.2 Å². The molecule has 0 amide bonds. The van der Waals surface area contributed by atoms with Crippen LogP contribution >= 0.6 is 0 Å². The van der Waals surface area contributed by atoms with Gasteiger partial charge in [-0.3, -0.25) is 4.68 Å². The number of aromatic nitrogens is 2. The number of aryl methyl sites for hydroxylation is 2. The highest BCUT2D eigenvalue weighted by Crippen LogP contribution is 2.27. The van der Waals surface area contributed by atoms with Crippen LogP contribution in [-0.4, -0.2) is 9.78 Å². The predicted octanol–water partition coefficient (Wildman–Crippen LogP) is 1.84. The quantitative estimate of drug-likeness (QED) is 0.676. The molecule has 14 heavy (non-hydrogen) atoms. The molecule has 0 fully saturated rings. The number of nitrogens with zero attached hydrogens (tertiary/aromatic N) is 3. The third kappa shape index (κ3) is 1.31. The van der Waals surface area contributed by atoms with E-state index >= 15 is 0 Å². The Labute approximate surface area is 84.3 Å². The maximum atomic E-state index is 8.89. The average molecular weight is 189 g/mol. The molecular formula is C11H15N3. The molecule has 2 rings (SSSR count). The zero-order chi connectivity index (χ0) is 10.1. The van der Waals surface area contributed by atoms with E-state index in [0.717, 1.165) is 31.5 Å². The average Bonchev–Trinajstić information content (AvgIpc) is 2.55. The lowest BCUT2D eigenvalue weighted by atomic mass is 9.87. The molecule has 3 nitrogen and oxygen atoms in total. The van der Waals surface area contributed by atoms with E-state index in [2.05, 4.69) is 22.8 Å². The van der Waals surface area contributed by atoms with Crippen LogP contribution in [0.4, 0.5) is 0 Å². The molecule has 74 valence electrons. The molecule has 1 aromatic heterocycles. The second-order valence-corrected chi connectivity index (χ2v) is 3.90. The number of fused-ring (bicyclic) bond motifs is 1. The third-order valence-electron chi connectivity index (χ3n) is 3.03.